The number of ketones is 1. The van der Waals surface area contributed by atoms with Gasteiger partial charge in [-0.2, -0.15) is 10.4 Å². The number of benzene rings is 1. The molecule has 0 saturated carbocycles. The van der Waals surface area contributed by atoms with Crippen LogP contribution in [-0.4, -0.2) is 28.0 Å². The zero-order valence-corrected chi connectivity index (χ0v) is 14.3. The maximum atomic E-state index is 12.5. The van der Waals surface area contributed by atoms with Crippen molar-refractivity contribution in [2.75, 3.05) is 6.54 Å². The summed E-state index contributed by atoms with van der Waals surface area (Å²) in [6.07, 6.45) is 1.49. The molecular formula is C19H20N4O2. The second-order valence-corrected chi connectivity index (χ2v) is 5.75. The lowest BCUT2D eigenvalue weighted by atomic mass is 9.96. The van der Waals surface area contributed by atoms with E-state index in [4.69, 9.17) is 0 Å². The van der Waals surface area contributed by atoms with Crippen molar-refractivity contribution in [3.8, 4) is 6.07 Å². The van der Waals surface area contributed by atoms with E-state index in [1.165, 1.54) is 6.08 Å². The number of carbonyl (C=O) groups excluding carboxylic acids is 2. The smallest absolute Gasteiger partial charge is 0.245 e. The van der Waals surface area contributed by atoms with Crippen LogP contribution in [0.5, 0.6) is 0 Å². The zero-order chi connectivity index (χ0) is 18.4. The molecule has 6 nitrogen and oxygen atoms in total. The van der Waals surface area contributed by atoms with Gasteiger partial charge in [-0.25, -0.2) is 0 Å². The molecule has 1 heterocycles. The summed E-state index contributed by atoms with van der Waals surface area (Å²) in [6.45, 7) is 8.10. The molecule has 2 rings (SSSR count). The molecular weight excluding hydrogens is 316 g/mol. The van der Waals surface area contributed by atoms with Gasteiger partial charge in [0.25, 0.3) is 0 Å². The van der Waals surface area contributed by atoms with Crippen LogP contribution in [-0.2, 0) is 11.3 Å². The largest absolute Gasteiger partial charge is 0.351 e. The number of hydrogen-bond donors (Lipinski definition) is 1. The van der Waals surface area contributed by atoms with Crippen LogP contribution in [0.1, 0.15) is 27.3 Å². The maximum absolute atomic E-state index is 12.5. The summed E-state index contributed by atoms with van der Waals surface area (Å²) in [7, 11) is 0. The highest BCUT2D eigenvalue weighted by molar-refractivity contribution is 6.12. The number of rotatable bonds is 7. The lowest BCUT2D eigenvalue weighted by Crippen LogP contribution is -2.34. The third-order valence-corrected chi connectivity index (χ3v) is 3.72. The van der Waals surface area contributed by atoms with Crippen molar-refractivity contribution in [3.63, 3.8) is 0 Å². The van der Waals surface area contributed by atoms with E-state index < -0.39 is 17.6 Å². The minimum absolute atomic E-state index is 0.211. The zero-order valence-electron chi connectivity index (χ0n) is 14.3. The van der Waals surface area contributed by atoms with E-state index in [1.54, 1.807) is 24.3 Å². The van der Waals surface area contributed by atoms with Gasteiger partial charge in [0.15, 0.2) is 11.7 Å². The Bertz CT molecular complexity index is 845. The first-order valence-corrected chi connectivity index (χ1v) is 7.88. The summed E-state index contributed by atoms with van der Waals surface area (Å²) >= 11 is 0. The molecule has 1 aromatic heterocycles. The summed E-state index contributed by atoms with van der Waals surface area (Å²) in [4.78, 5) is 24.5. The molecule has 0 radical (unpaired) electrons. The molecule has 1 N–H and O–H groups in total. The van der Waals surface area contributed by atoms with E-state index in [0.29, 0.717) is 12.1 Å². The Morgan fingerprint density at radius 3 is 2.76 bits per heavy atom. The molecule has 0 aliphatic rings. The number of nitrogens with zero attached hydrogens (tertiary/aromatic N) is 3. The highest BCUT2D eigenvalue weighted by Gasteiger charge is 2.27. The number of hydrogen-bond acceptors (Lipinski definition) is 4. The van der Waals surface area contributed by atoms with Gasteiger partial charge in [-0.05, 0) is 31.5 Å². The van der Waals surface area contributed by atoms with Crippen LogP contribution < -0.4 is 5.32 Å². The second kappa shape index (κ2) is 8.06. The summed E-state index contributed by atoms with van der Waals surface area (Å²) in [5.74, 6) is -2.50. The number of amides is 1. The Hall–Kier alpha value is -3.20. The summed E-state index contributed by atoms with van der Waals surface area (Å²) in [5.41, 5.74) is 3.15. The van der Waals surface area contributed by atoms with Crippen molar-refractivity contribution in [2.24, 2.45) is 5.92 Å². The topological polar surface area (TPSA) is 87.8 Å². The minimum Gasteiger partial charge on any atom is -0.351 e. The molecule has 1 amide bonds. The van der Waals surface area contributed by atoms with Crippen molar-refractivity contribution in [3.05, 3.63) is 65.5 Å². The SMILES string of the molecule is C=CCNC(=O)[C@@H](C#N)C(=O)c1cccc(Cn2nc(C)cc2C)c1. The van der Waals surface area contributed by atoms with Gasteiger partial charge in [-0.15, -0.1) is 6.58 Å². The van der Waals surface area contributed by atoms with Crippen LogP contribution in [0.4, 0.5) is 0 Å². The van der Waals surface area contributed by atoms with Crippen LogP contribution in [0.25, 0.3) is 0 Å². The summed E-state index contributed by atoms with van der Waals surface area (Å²) in [5, 5.41) is 16.1. The standard InChI is InChI=1S/C19H20N4O2/c1-4-8-21-19(25)17(11-20)18(24)16-7-5-6-15(10-16)12-23-14(3)9-13(2)22-23/h4-7,9-10,17H,1,8,12H2,2-3H3,(H,21,25)/t17-/m0/s1. The Kier molecular flexibility index (Phi) is 5.85. The second-order valence-electron chi connectivity index (χ2n) is 5.75. The highest BCUT2D eigenvalue weighted by atomic mass is 16.2. The number of carbonyl (C=O) groups is 2. The predicted octanol–water partition coefficient (Wildman–Crippen LogP) is 2.17. The normalized spacial score (nSPS) is 11.4. The van der Waals surface area contributed by atoms with Crippen molar-refractivity contribution in [2.45, 2.75) is 20.4 Å². The quantitative estimate of drug-likeness (QED) is 0.477. The van der Waals surface area contributed by atoms with Gasteiger partial charge in [0, 0.05) is 17.8 Å². The molecule has 6 heteroatoms. The Balaban J connectivity index is 2.20. The summed E-state index contributed by atoms with van der Waals surface area (Å²) in [6, 6.07) is 10.7. The van der Waals surface area contributed by atoms with Gasteiger partial charge >= 0.3 is 0 Å². The highest BCUT2D eigenvalue weighted by Crippen LogP contribution is 2.14. The first-order valence-electron chi connectivity index (χ1n) is 7.88. The first-order chi connectivity index (χ1) is 12.0. The van der Waals surface area contributed by atoms with E-state index in [9.17, 15) is 14.9 Å². The Morgan fingerprint density at radius 1 is 1.40 bits per heavy atom. The third-order valence-electron chi connectivity index (χ3n) is 3.72. The number of Topliss-reactive ketones (excluding diaryl/α,β-unsaturated/α-hetero) is 1. The summed E-state index contributed by atoms with van der Waals surface area (Å²) < 4.78 is 1.84. The molecule has 0 aliphatic heterocycles. The van der Waals surface area contributed by atoms with Gasteiger partial charge in [0.05, 0.1) is 18.3 Å². The first kappa shape index (κ1) is 18.1. The van der Waals surface area contributed by atoms with Gasteiger partial charge in [-0.1, -0.05) is 24.3 Å². The van der Waals surface area contributed by atoms with E-state index in [0.717, 1.165) is 17.0 Å². The predicted molar refractivity (Wildman–Crippen MR) is 93.9 cm³/mol. The van der Waals surface area contributed by atoms with Gasteiger partial charge < -0.3 is 5.32 Å². The average Bonchev–Trinajstić information content (AvgIpc) is 2.91. The molecule has 0 spiro atoms. The Morgan fingerprint density at radius 2 is 2.16 bits per heavy atom. The van der Waals surface area contributed by atoms with Crippen LogP contribution in [0, 0.1) is 31.1 Å². The molecule has 0 saturated heterocycles. The number of aromatic nitrogens is 2. The molecule has 25 heavy (non-hydrogen) atoms. The molecule has 128 valence electrons. The van der Waals surface area contributed by atoms with E-state index >= 15 is 0 Å². The fraction of sp³-hybridized carbons (Fsp3) is 0.263. The van der Waals surface area contributed by atoms with Crippen molar-refractivity contribution in [1.29, 1.82) is 5.26 Å². The minimum atomic E-state index is -1.37. The number of nitriles is 1. The Labute approximate surface area is 146 Å². The monoisotopic (exact) mass is 336 g/mol. The molecule has 2 aromatic rings. The molecule has 1 aromatic carbocycles. The maximum Gasteiger partial charge on any atom is 0.245 e. The lowest BCUT2D eigenvalue weighted by molar-refractivity contribution is -0.121. The van der Waals surface area contributed by atoms with E-state index in [2.05, 4.69) is 17.0 Å². The molecule has 0 bridgehead atoms. The van der Waals surface area contributed by atoms with E-state index in [-0.39, 0.29) is 6.54 Å². The fourth-order valence-electron chi connectivity index (χ4n) is 2.51. The molecule has 1 atom stereocenters. The van der Waals surface area contributed by atoms with Gasteiger partial charge in [0.2, 0.25) is 5.91 Å². The van der Waals surface area contributed by atoms with Crippen LogP contribution in [0.2, 0.25) is 0 Å². The van der Waals surface area contributed by atoms with Crippen LogP contribution >= 0.6 is 0 Å². The molecule has 0 aliphatic carbocycles. The average molecular weight is 336 g/mol. The number of aryl methyl sites for hydroxylation is 2. The van der Waals surface area contributed by atoms with Crippen LogP contribution in [0.3, 0.4) is 0 Å². The van der Waals surface area contributed by atoms with Gasteiger partial charge in [0.1, 0.15) is 0 Å². The van der Waals surface area contributed by atoms with Gasteiger partial charge in [-0.3, -0.25) is 14.3 Å². The number of nitrogens with one attached hydrogen (secondary N) is 1. The lowest BCUT2D eigenvalue weighted by Gasteiger charge is -2.10. The third kappa shape index (κ3) is 4.42. The van der Waals surface area contributed by atoms with Crippen molar-refractivity contribution < 1.29 is 9.59 Å². The van der Waals surface area contributed by atoms with Crippen molar-refractivity contribution >= 4 is 11.7 Å². The van der Waals surface area contributed by atoms with Crippen molar-refractivity contribution in [1.82, 2.24) is 15.1 Å². The molecule has 0 unspecified atom stereocenters. The van der Waals surface area contributed by atoms with E-state index in [1.807, 2.05) is 30.7 Å². The van der Waals surface area contributed by atoms with Crippen LogP contribution in [0.15, 0.2) is 43.0 Å². The fourth-order valence-corrected chi connectivity index (χ4v) is 2.51. The molecule has 0 fully saturated rings.